The molecule has 1 heteroatoms. The summed E-state index contributed by atoms with van der Waals surface area (Å²) in [6, 6.07) is 16.4. The molecule has 0 spiro atoms. The number of hydrogen-bond donors (Lipinski definition) is 0. The Kier molecular flexibility index (Phi) is 1.97. The zero-order valence-electron chi connectivity index (χ0n) is 8.20. The van der Waals surface area contributed by atoms with Crippen LogP contribution in [0.1, 0.15) is 6.99 Å². The van der Waals surface area contributed by atoms with E-state index in [0.717, 1.165) is 5.56 Å². The third-order valence-electron chi connectivity index (χ3n) is 2.15. The summed E-state index contributed by atoms with van der Waals surface area (Å²) in [6.45, 7) is 0. The quantitative estimate of drug-likeness (QED) is 0.642. The van der Waals surface area contributed by atoms with Gasteiger partial charge in [0, 0.05) is 0 Å². The summed E-state index contributed by atoms with van der Waals surface area (Å²) in [4.78, 5) is 0. The molecule has 0 fully saturated rings. The molecule has 62 valence electrons. The van der Waals surface area contributed by atoms with Gasteiger partial charge >= 0.3 is 1.43 Å². The highest BCUT2D eigenvalue weighted by atomic mass is 14.2. The van der Waals surface area contributed by atoms with Crippen molar-refractivity contribution in [1.82, 2.24) is 0 Å². The molecule has 0 saturated carbocycles. The number of hydrogen-bond acceptors (Lipinski definition) is 1. The van der Waals surface area contributed by atoms with Crippen LogP contribution in [-0.2, 0) is 6.42 Å². The van der Waals surface area contributed by atoms with Gasteiger partial charge in [0.25, 0.3) is 0 Å². The summed E-state index contributed by atoms with van der Waals surface area (Å²) >= 11 is 0. The Morgan fingerprint density at radius 1 is 1.08 bits per heavy atom. The van der Waals surface area contributed by atoms with Crippen LogP contribution in [0.25, 0.3) is 10.8 Å². The van der Waals surface area contributed by atoms with E-state index in [1.807, 2.05) is 24.3 Å². The first-order valence-corrected chi connectivity index (χ1v) is 4.25. The topological polar surface area (TPSA) is 23.8 Å². The molecular formula is C12H10N+. The number of rotatable bonds is 1. The van der Waals surface area contributed by atoms with Gasteiger partial charge in [-0.25, -0.2) is 0 Å². The molecule has 0 aromatic heterocycles. The monoisotopic (exact) mass is 168 g/mol. The fourth-order valence-electron chi connectivity index (χ4n) is 1.53. The molecule has 0 unspecified atom stereocenters. The van der Waals surface area contributed by atoms with Crippen LogP contribution in [0, 0.1) is 11.3 Å². The Morgan fingerprint density at radius 3 is 2.69 bits per heavy atom. The first kappa shape index (κ1) is 7.82. The van der Waals surface area contributed by atoms with Crippen LogP contribution < -0.4 is 0 Å². The van der Waals surface area contributed by atoms with Crippen LogP contribution in [0.3, 0.4) is 0 Å². The Balaban J connectivity index is 0.000000980. The van der Waals surface area contributed by atoms with Crippen LogP contribution in [0.4, 0.5) is 0 Å². The minimum absolute atomic E-state index is 0. The van der Waals surface area contributed by atoms with Crippen LogP contribution >= 0.6 is 0 Å². The van der Waals surface area contributed by atoms with Crippen molar-refractivity contribution in [3.8, 4) is 6.07 Å². The van der Waals surface area contributed by atoms with E-state index in [1.54, 1.807) is 0 Å². The largest absolute Gasteiger partial charge is 1.00 e. The maximum Gasteiger partial charge on any atom is 1.00 e. The molecule has 0 atom stereocenters. The maximum absolute atomic E-state index is 8.63. The Hall–Kier alpha value is -1.81. The van der Waals surface area contributed by atoms with Crippen molar-refractivity contribution >= 4 is 10.8 Å². The van der Waals surface area contributed by atoms with Gasteiger partial charge < -0.3 is 0 Å². The molecule has 0 amide bonds. The van der Waals surface area contributed by atoms with Gasteiger partial charge in [-0.15, -0.1) is 0 Å². The molecule has 0 heterocycles. The van der Waals surface area contributed by atoms with Crippen LogP contribution in [-0.4, -0.2) is 0 Å². The predicted octanol–water partition coefficient (Wildman–Crippen LogP) is 3.02. The number of benzene rings is 2. The lowest BCUT2D eigenvalue weighted by molar-refractivity contribution is 1.29. The Labute approximate surface area is 78.7 Å². The number of fused-ring (bicyclic) bond motifs is 1. The molecule has 2 aromatic rings. The molecule has 0 radical (unpaired) electrons. The normalized spacial score (nSPS) is 9.77. The minimum Gasteiger partial charge on any atom is -0.198 e. The van der Waals surface area contributed by atoms with Gasteiger partial charge in [0.05, 0.1) is 12.5 Å². The van der Waals surface area contributed by atoms with Gasteiger partial charge in [-0.05, 0) is 16.3 Å². The molecule has 0 bridgehead atoms. The van der Waals surface area contributed by atoms with Crippen LogP contribution in [0.15, 0.2) is 42.5 Å². The zero-order valence-corrected chi connectivity index (χ0v) is 7.20. The summed E-state index contributed by atoms with van der Waals surface area (Å²) in [6.07, 6.45) is 0.487. The van der Waals surface area contributed by atoms with E-state index in [4.69, 9.17) is 5.26 Å². The van der Waals surface area contributed by atoms with Gasteiger partial charge in [-0.2, -0.15) is 5.26 Å². The summed E-state index contributed by atoms with van der Waals surface area (Å²) in [7, 11) is 0. The summed E-state index contributed by atoms with van der Waals surface area (Å²) < 4.78 is 0. The Morgan fingerprint density at radius 2 is 1.85 bits per heavy atom. The smallest absolute Gasteiger partial charge is 0.198 e. The summed E-state index contributed by atoms with van der Waals surface area (Å²) in [5.74, 6) is 0. The molecular weight excluding hydrogens is 158 g/mol. The van der Waals surface area contributed by atoms with Crippen molar-refractivity contribution in [1.29, 1.82) is 5.26 Å². The summed E-state index contributed by atoms with van der Waals surface area (Å²) in [5, 5.41) is 11.0. The highest BCUT2D eigenvalue weighted by Crippen LogP contribution is 2.18. The second-order valence-corrected chi connectivity index (χ2v) is 2.97. The van der Waals surface area contributed by atoms with Gasteiger partial charge in [-0.3, -0.25) is 0 Å². The lowest BCUT2D eigenvalue weighted by Crippen LogP contribution is -1.83. The van der Waals surface area contributed by atoms with Gasteiger partial charge in [0.1, 0.15) is 0 Å². The first-order chi connectivity index (χ1) is 6.42. The van der Waals surface area contributed by atoms with Crippen molar-refractivity contribution in [2.45, 2.75) is 6.42 Å². The van der Waals surface area contributed by atoms with E-state index in [1.165, 1.54) is 10.8 Å². The minimum atomic E-state index is 0. The van der Waals surface area contributed by atoms with Crippen molar-refractivity contribution in [3.05, 3.63) is 48.0 Å². The average Bonchev–Trinajstić information content (AvgIpc) is 2.19. The van der Waals surface area contributed by atoms with E-state index in [0.29, 0.717) is 6.42 Å². The molecule has 2 aromatic carbocycles. The lowest BCUT2D eigenvalue weighted by atomic mass is 10.0. The van der Waals surface area contributed by atoms with Crippen molar-refractivity contribution < 1.29 is 1.43 Å². The maximum atomic E-state index is 8.63. The second-order valence-electron chi connectivity index (χ2n) is 2.97. The van der Waals surface area contributed by atoms with Crippen molar-refractivity contribution in [2.24, 2.45) is 0 Å². The fourth-order valence-corrected chi connectivity index (χ4v) is 1.53. The molecule has 0 saturated heterocycles. The van der Waals surface area contributed by atoms with Gasteiger partial charge in [0.2, 0.25) is 0 Å². The SMILES string of the molecule is N#CCc1cccc2ccccc12.[H+]. The molecule has 13 heavy (non-hydrogen) atoms. The van der Waals surface area contributed by atoms with Gasteiger partial charge in [-0.1, -0.05) is 42.5 Å². The van der Waals surface area contributed by atoms with Crippen molar-refractivity contribution in [3.63, 3.8) is 0 Å². The fraction of sp³-hybridized carbons (Fsp3) is 0.0833. The van der Waals surface area contributed by atoms with E-state index in [2.05, 4.69) is 24.3 Å². The molecule has 2 rings (SSSR count). The molecule has 0 aliphatic carbocycles. The van der Waals surface area contributed by atoms with Crippen LogP contribution in [0.5, 0.6) is 0 Å². The highest BCUT2D eigenvalue weighted by molar-refractivity contribution is 5.85. The van der Waals surface area contributed by atoms with Gasteiger partial charge in [0.15, 0.2) is 0 Å². The number of nitrogens with zero attached hydrogens (tertiary/aromatic N) is 1. The standard InChI is InChI=1S/C12H9N/c13-9-8-11-6-3-5-10-4-1-2-7-12(10)11/h1-7H,8H2/p+1. The highest BCUT2D eigenvalue weighted by Gasteiger charge is 1.97. The number of nitriles is 1. The molecule has 0 N–H and O–H groups in total. The third-order valence-corrected chi connectivity index (χ3v) is 2.15. The second kappa shape index (κ2) is 3.28. The molecule has 1 nitrogen and oxygen atoms in total. The Bertz CT molecular complexity index is 466. The van der Waals surface area contributed by atoms with E-state index >= 15 is 0 Å². The zero-order chi connectivity index (χ0) is 9.10. The third kappa shape index (κ3) is 1.39. The molecule has 0 aliphatic heterocycles. The van der Waals surface area contributed by atoms with Crippen LogP contribution in [0.2, 0.25) is 0 Å². The predicted molar refractivity (Wildman–Crippen MR) is 54.4 cm³/mol. The average molecular weight is 168 g/mol. The lowest BCUT2D eigenvalue weighted by Gasteiger charge is -2.01. The van der Waals surface area contributed by atoms with E-state index in [-0.39, 0.29) is 1.43 Å². The summed E-state index contributed by atoms with van der Waals surface area (Å²) in [5.41, 5.74) is 1.11. The van der Waals surface area contributed by atoms with E-state index < -0.39 is 0 Å². The van der Waals surface area contributed by atoms with E-state index in [9.17, 15) is 0 Å². The molecule has 0 aliphatic rings. The van der Waals surface area contributed by atoms with Crippen molar-refractivity contribution in [2.75, 3.05) is 0 Å². The first-order valence-electron chi connectivity index (χ1n) is 4.25.